The van der Waals surface area contributed by atoms with Gasteiger partial charge in [0, 0.05) is 6.20 Å². The van der Waals surface area contributed by atoms with E-state index in [2.05, 4.69) is 39.5 Å². The summed E-state index contributed by atoms with van der Waals surface area (Å²) in [6, 6.07) is 3.93. The number of pyridine rings is 1. The molecule has 1 aromatic rings. The van der Waals surface area contributed by atoms with Crippen molar-refractivity contribution in [3.63, 3.8) is 0 Å². The number of hydrogen-bond acceptors (Lipinski definition) is 2. The van der Waals surface area contributed by atoms with Crippen molar-refractivity contribution in [3.05, 3.63) is 28.5 Å². The van der Waals surface area contributed by atoms with Crippen LogP contribution in [0.3, 0.4) is 0 Å². The first-order chi connectivity index (χ1) is 8.19. The average Bonchev–Trinajstić information content (AvgIpc) is 2.27. The van der Waals surface area contributed by atoms with Crippen molar-refractivity contribution in [2.45, 2.75) is 51.3 Å². The third-order valence-electron chi connectivity index (χ3n) is 2.94. The van der Waals surface area contributed by atoms with E-state index >= 15 is 0 Å². The van der Waals surface area contributed by atoms with E-state index in [4.69, 9.17) is 0 Å². The zero-order chi connectivity index (χ0) is 14.0. The van der Waals surface area contributed by atoms with Crippen molar-refractivity contribution in [1.82, 2.24) is 9.71 Å². The van der Waals surface area contributed by atoms with Gasteiger partial charge in [0.2, 0.25) is 0 Å². The third kappa shape index (κ3) is 3.87. The average molecular weight is 333 g/mol. The number of nitrogens with one attached hydrogen (secondary N) is 1. The van der Waals surface area contributed by atoms with E-state index in [9.17, 15) is 4.21 Å². The summed E-state index contributed by atoms with van der Waals surface area (Å²) in [6.45, 7) is 10.1. The molecule has 0 aliphatic carbocycles. The largest absolute Gasteiger partial charge is 0.249 e. The van der Waals surface area contributed by atoms with Gasteiger partial charge >= 0.3 is 0 Å². The van der Waals surface area contributed by atoms with Gasteiger partial charge in [-0.05, 0) is 67.7 Å². The molecule has 1 heterocycles. The molecule has 0 radical (unpaired) electrons. The Morgan fingerprint density at radius 2 is 2.00 bits per heavy atom. The topological polar surface area (TPSA) is 42.0 Å². The summed E-state index contributed by atoms with van der Waals surface area (Å²) in [7, 11) is -1.10. The van der Waals surface area contributed by atoms with E-state index in [1.165, 1.54) is 0 Å². The smallest absolute Gasteiger partial charge is 0.106 e. The molecule has 1 aromatic heterocycles. The Morgan fingerprint density at radius 1 is 1.39 bits per heavy atom. The van der Waals surface area contributed by atoms with Crippen LogP contribution in [-0.2, 0) is 16.5 Å². The zero-order valence-corrected chi connectivity index (χ0v) is 14.0. The van der Waals surface area contributed by atoms with E-state index in [1.54, 1.807) is 6.20 Å². The number of nitrogens with zero attached hydrogens (tertiary/aromatic N) is 1. The van der Waals surface area contributed by atoms with Gasteiger partial charge in [0.05, 0.1) is 21.3 Å². The molecule has 5 heteroatoms. The molecule has 0 amide bonds. The lowest BCUT2D eigenvalue weighted by atomic mass is 9.91. The van der Waals surface area contributed by atoms with Crippen LogP contribution in [0.25, 0.3) is 0 Å². The maximum Gasteiger partial charge on any atom is 0.106 e. The van der Waals surface area contributed by atoms with Crippen molar-refractivity contribution in [3.8, 4) is 0 Å². The molecule has 0 aliphatic heterocycles. The van der Waals surface area contributed by atoms with E-state index in [1.807, 2.05) is 32.9 Å². The van der Waals surface area contributed by atoms with Crippen LogP contribution in [0.5, 0.6) is 0 Å². The third-order valence-corrected chi connectivity index (χ3v) is 5.13. The maximum absolute atomic E-state index is 12.3. The van der Waals surface area contributed by atoms with Crippen LogP contribution in [0.15, 0.2) is 22.9 Å². The first-order valence-electron chi connectivity index (χ1n) is 6.01. The van der Waals surface area contributed by atoms with Crippen molar-refractivity contribution >= 4 is 26.9 Å². The molecule has 18 heavy (non-hydrogen) atoms. The highest BCUT2D eigenvalue weighted by Gasteiger charge is 2.31. The molecule has 3 nitrogen and oxygen atoms in total. The van der Waals surface area contributed by atoms with Crippen LogP contribution < -0.4 is 4.72 Å². The summed E-state index contributed by atoms with van der Waals surface area (Å²) in [5, 5.41) is 0. The summed E-state index contributed by atoms with van der Waals surface area (Å²) in [6.07, 6.45) is 2.61. The standard InChI is InChI=1S/C13H21BrN2OS/c1-6-13(5,16-18(17)12(2,3)4)10-7-8-15-11(14)9-10/h7-9,16H,6H2,1-5H3/t13-,18-/m0/s1. The van der Waals surface area contributed by atoms with E-state index < -0.39 is 11.0 Å². The molecule has 0 bridgehead atoms. The lowest BCUT2D eigenvalue weighted by Gasteiger charge is -2.33. The van der Waals surface area contributed by atoms with Crippen LogP contribution >= 0.6 is 15.9 Å². The minimum atomic E-state index is -1.10. The minimum Gasteiger partial charge on any atom is -0.249 e. The second-order valence-corrected chi connectivity index (χ2v) is 8.31. The monoisotopic (exact) mass is 332 g/mol. The zero-order valence-electron chi connectivity index (χ0n) is 11.6. The summed E-state index contributed by atoms with van der Waals surface area (Å²) in [4.78, 5) is 4.13. The number of halogens is 1. The van der Waals surface area contributed by atoms with Crippen LogP contribution in [0.4, 0.5) is 0 Å². The molecule has 0 aliphatic rings. The molecular weight excluding hydrogens is 312 g/mol. The van der Waals surface area contributed by atoms with Gasteiger partial charge < -0.3 is 0 Å². The van der Waals surface area contributed by atoms with Crippen molar-refractivity contribution in [2.24, 2.45) is 0 Å². The second kappa shape index (κ2) is 5.80. The van der Waals surface area contributed by atoms with Crippen molar-refractivity contribution in [1.29, 1.82) is 0 Å². The van der Waals surface area contributed by atoms with Crippen molar-refractivity contribution in [2.75, 3.05) is 0 Å². The number of aromatic nitrogens is 1. The molecule has 0 spiro atoms. The molecular formula is C13H21BrN2OS. The SMILES string of the molecule is CC[C@](C)(N[S@@](=O)C(C)(C)C)c1ccnc(Br)c1. The van der Waals surface area contributed by atoms with Crippen LogP contribution in [0, 0.1) is 0 Å². The highest BCUT2D eigenvalue weighted by Crippen LogP contribution is 2.27. The Kier molecular flexibility index (Phi) is 5.09. The van der Waals surface area contributed by atoms with E-state index in [-0.39, 0.29) is 10.3 Å². The van der Waals surface area contributed by atoms with Gasteiger partial charge in [-0.2, -0.15) is 0 Å². The van der Waals surface area contributed by atoms with Gasteiger partial charge in [0.1, 0.15) is 4.60 Å². The van der Waals surface area contributed by atoms with E-state index in [0.29, 0.717) is 0 Å². The Morgan fingerprint density at radius 3 is 2.44 bits per heavy atom. The fourth-order valence-electron chi connectivity index (χ4n) is 1.44. The molecule has 0 aromatic carbocycles. The quantitative estimate of drug-likeness (QED) is 0.857. The molecule has 102 valence electrons. The van der Waals surface area contributed by atoms with E-state index in [0.717, 1.165) is 16.6 Å². The first kappa shape index (κ1) is 15.8. The van der Waals surface area contributed by atoms with Gasteiger partial charge in [0.25, 0.3) is 0 Å². The van der Waals surface area contributed by atoms with Crippen LogP contribution in [0.1, 0.15) is 46.6 Å². The van der Waals surface area contributed by atoms with Gasteiger partial charge in [-0.25, -0.2) is 13.9 Å². The highest BCUT2D eigenvalue weighted by atomic mass is 79.9. The minimum absolute atomic E-state index is 0.277. The molecule has 0 fully saturated rings. The van der Waals surface area contributed by atoms with Gasteiger partial charge in [-0.15, -0.1) is 0 Å². The predicted molar refractivity (Wildman–Crippen MR) is 80.6 cm³/mol. The molecule has 1 rings (SSSR count). The first-order valence-corrected chi connectivity index (χ1v) is 7.95. The number of rotatable bonds is 4. The Hall–Kier alpha value is -0.260. The predicted octanol–water partition coefficient (Wildman–Crippen LogP) is 3.52. The normalized spacial score (nSPS) is 17.2. The van der Waals surface area contributed by atoms with Crippen LogP contribution in [-0.4, -0.2) is 13.9 Å². The van der Waals surface area contributed by atoms with Crippen LogP contribution in [0.2, 0.25) is 0 Å². The van der Waals surface area contributed by atoms with Gasteiger partial charge in [-0.1, -0.05) is 6.92 Å². The van der Waals surface area contributed by atoms with Gasteiger partial charge in [-0.3, -0.25) is 0 Å². The van der Waals surface area contributed by atoms with Gasteiger partial charge in [0.15, 0.2) is 0 Å². The molecule has 0 unspecified atom stereocenters. The summed E-state index contributed by atoms with van der Waals surface area (Å²) < 4.78 is 16.0. The highest BCUT2D eigenvalue weighted by molar-refractivity contribution is 9.10. The second-order valence-electron chi connectivity index (χ2n) is 5.54. The lowest BCUT2D eigenvalue weighted by molar-refractivity contribution is 0.425. The summed E-state index contributed by atoms with van der Waals surface area (Å²) in [5.41, 5.74) is 0.772. The molecule has 1 N–H and O–H groups in total. The summed E-state index contributed by atoms with van der Waals surface area (Å²) >= 11 is 3.37. The lowest BCUT2D eigenvalue weighted by Crippen LogP contribution is -2.45. The fourth-order valence-corrected chi connectivity index (χ4v) is 2.78. The summed E-state index contributed by atoms with van der Waals surface area (Å²) in [5.74, 6) is 0. The van der Waals surface area contributed by atoms with Crippen molar-refractivity contribution < 1.29 is 4.21 Å². The Balaban J connectivity index is 3.03. The Labute approximate surface area is 120 Å². The number of hydrogen-bond donors (Lipinski definition) is 1. The maximum atomic E-state index is 12.3. The Bertz CT molecular complexity index is 445. The molecule has 0 saturated carbocycles. The molecule has 0 saturated heterocycles. The molecule has 2 atom stereocenters. The fraction of sp³-hybridized carbons (Fsp3) is 0.615.